The van der Waals surface area contributed by atoms with Crippen molar-refractivity contribution >= 4 is 11.6 Å². The standard InChI is InChI=1S/C19H25N7O2/c1-3-14-13(2)22-17-10-15(23-26(17)19(14)28)16-6-4-9-25(16)18(27)7-5-8-24-12-20-11-21-24/h10-12,16,23H,3-9H2,1-2H3. The Kier molecular flexibility index (Phi) is 4.97. The van der Waals surface area contributed by atoms with E-state index in [1.807, 2.05) is 24.8 Å². The van der Waals surface area contributed by atoms with E-state index in [0.717, 1.165) is 42.8 Å². The molecule has 1 amide bonds. The molecule has 0 bridgehead atoms. The van der Waals surface area contributed by atoms with Gasteiger partial charge in [0.1, 0.15) is 12.7 Å². The molecule has 1 aliphatic heterocycles. The van der Waals surface area contributed by atoms with E-state index in [1.165, 1.54) is 10.8 Å². The lowest BCUT2D eigenvalue weighted by Crippen LogP contribution is -2.31. The molecule has 4 rings (SSSR count). The SMILES string of the molecule is CCc1c(C)nc2cc(C3CCCN3C(=O)CCCn3cncn3)[nH]n2c1=O. The van der Waals surface area contributed by atoms with Crippen LogP contribution in [0, 0.1) is 6.92 Å². The summed E-state index contributed by atoms with van der Waals surface area (Å²) in [6.07, 6.45) is 6.83. The molecule has 3 aromatic heterocycles. The van der Waals surface area contributed by atoms with Gasteiger partial charge in [-0.2, -0.15) is 5.10 Å². The number of nitrogens with zero attached hydrogens (tertiary/aromatic N) is 6. The van der Waals surface area contributed by atoms with E-state index in [4.69, 9.17) is 0 Å². The summed E-state index contributed by atoms with van der Waals surface area (Å²) in [5.41, 5.74) is 2.92. The van der Waals surface area contributed by atoms with Gasteiger partial charge in [0.25, 0.3) is 5.56 Å². The van der Waals surface area contributed by atoms with E-state index < -0.39 is 0 Å². The minimum atomic E-state index is -0.0556. The number of fused-ring (bicyclic) bond motifs is 1. The number of carbonyl (C=O) groups is 1. The van der Waals surface area contributed by atoms with E-state index >= 15 is 0 Å². The van der Waals surface area contributed by atoms with Crippen LogP contribution in [0.25, 0.3) is 5.65 Å². The van der Waals surface area contributed by atoms with Gasteiger partial charge in [-0.1, -0.05) is 6.92 Å². The molecule has 0 saturated carbocycles. The molecule has 1 N–H and O–H groups in total. The second-order valence-corrected chi connectivity index (χ2v) is 7.25. The highest BCUT2D eigenvalue weighted by Crippen LogP contribution is 2.32. The normalized spacial score (nSPS) is 16.9. The summed E-state index contributed by atoms with van der Waals surface area (Å²) in [6, 6.07) is 1.87. The van der Waals surface area contributed by atoms with Gasteiger partial charge in [0.05, 0.1) is 11.7 Å². The highest BCUT2D eigenvalue weighted by atomic mass is 16.2. The largest absolute Gasteiger partial charge is 0.334 e. The molecule has 3 aromatic rings. The van der Waals surface area contributed by atoms with Gasteiger partial charge in [-0.05, 0) is 32.6 Å². The Hall–Kier alpha value is -2.97. The molecule has 1 atom stereocenters. The number of likely N-dealkylation sites (tertiary alicyclic amines) is 1. The zero-order valence-corrected chi connectivity index (χ0v) is 16.3. The number of nitrogens with one attached hydrogen (secondary N) is 1. The highest BCUT2D eigenvalue weighted by Gasteiger charge is 2.31. The molecule has 9 heteroatoms. The first-order chi connectivity index (χ1) is 13.6. The molecule has 0 spiro atoms. The van der Waals surface area contributed by atoms with Gasteiger partial charge in [-0.15, -0.1) is 0 Å². The third kappa shape index (κ3) is 3.32. The molecule has 4 heterocycles. The van der Waals surface area contributed by atoms with Crippen LogP contribution in [0.2, 0.25) is 0 Å². The molecule has 0 radical (unpaired) electrons. The summed E-state index contributed by atoms with van der Waals surface area (Å²) in [4.78, 5) is 35.8. The van der Waals surface area contributed by atoms with Crippen LogP contribution in [-0.4, -0.2) is 46.7 Å². The molecule has 1 saturated heterocycles. The van der Waals surface area contributed by atoms with Crippen molar-refractivity contribution in [2.24, 2.45) is 0 Å². The Bertz CT molecular complexity index is 1030. The Labute approximate surface area is 162 Å². The zero-order valence-electron chi connectivity index (χ0n) is 16.3. The Balaban J connectivity index is 1.52. The molecule has 1 fully saturated rings. The Morgan fingerprint density at radius 3 is 3.00 bits per heavy atom. The predicted molar refractivity (Wildman–Crippen MR) is 103 cm³/mol. The molecule has 1 aliphatic rings. The molecule has 1 unspecified atom stereocenters. The lowest BCUT2D eigenvalue weighted by molar-refractivity contribution is -0.132. The quantitative estimate of drug-likeness (QED) is 0.697. The predicted octanol–water partition coefficient (Wildman–Crippen LogP) is 1.63. The molecular weight excluding hydrogens is 358 g/mol. The van der Waals surface area contributed by atoms with Crippen LogP contribution in [0.4, 0.5) is 0 Å². The van der Waals surface area contributed by atoms with Crippen molar-refractivity contribution in [2.75, 3.05) is 6.54 Å². The number of hydrogen-bond donors (Lipinski definition) is 1. The van der Waals surface area contributed by atoms with Gasteiger partial charge in [0, 0.05) is 36.8 Å². The van der Waals surface area contributed by atoms with Crippen LogP contribution in [-0.2, 0) is 17.8 Å². The fourth-order valence-electron chi connectivity index (χ4n) is 4.04. The maximum atomic E-state index is 12.8. The Morgan fingerprint density at radius 1 is 1.39 bits per heavy atom. The number of hydrogen-bond acceptors (Lipinski definition) is 5. The first kappa shape index (κ1) is 18.4. The minimum absolute atomic E-state index is 0.0367. The number of aryl methyl sites for hydroxylation is 2. The minimum Gasteiger partial charge on any atom is -0.334 e. The summed E-state index contributed by atoms with van der Waals surface area (Å²) >= 11 is 0. The van der Waals surface area contributed by atoms with Crippen LogP contribution in [0.3, 0.4) is 0 Å². The monoisotopic (exact) mass is 383 g/mol. The van der Waals surface area contributed by atoms with Crippen LogP contribution in [0.15, 0.2) is 23.5 Å². The van der Waals surface area contributed by atoms with Gasteiger partial charge in [0.2, 0.25) is 5.91 Å². The first-order valence-corrected chi connectivity index (χ1v) is 9.81. The van der Waals surface area contributed by atoms with Crippen molar-refractivity contribution in [2.45, 2.75) is 58.5 Å². The van der Waals surface area contributed by atoms with Crippen molar-refractivity contribution in [3.63, 3.8) is 0 Å². The zero-order chi connectivity index (χ0) is 19.7. The average molecular weight is 383 g/mol. The number of aromatic amines is 1. The van der Waals surface area contributed by atoms with Gasteiger partial charge in [0.15, 0.2) is 5.65 Å². The summed E-state index contributed by atoms with van der Waals surface area (Å²) in [5, 5.41) is 7.26. The Morgan fingerprint density at radius 2 is 2.25 bits per heavy atom. The second-order valence-electron chi connectivity index (χ2n) is 7.25. The van der Waals surface area contributed by atoms with Crippen LogP contribution in [0.5, 0.6) is 0 Å². The smallest absolute Gasteiger partial charge is 0.276 e. The second kappa shape index (κ2) is 7.57. The van der Waals surface area contributed by atoms with E-state index in [-0.39, 0.29) is 17.5 Å². The van der Waals surface area contributed by atoms with E-state index in [9.17, 15) is 9.59 Å². The van der Waals surface area contributed by atoms with Crippen molar-refractivity contribution in [1.82, 2.24) is 34.3 Å². The third-order valence-corrected chi connectivity index (χ3v) is 5.46. The van der Waals surface area contributed by atoms with E-state index in [0.29, 0.717) is 25.0 Å². The topological polar surface area (TPSA) is 101 Å². The van der Waals surface area contributed by atoms with Gasteiger partial charge >= 0.3 is 0 Å². The fourth-order valence-corrected chi connectivity index (χ4v) is 4.04. The number of amides is 1. The van der Waals surface area contributed by atoms with Crippen molar-refractivity contribution in [1.29, 1.82) is 0 Å². The molecule has 28 heavy (non-hydrogen) atoms. The van der Waals surface area contributed by atoms with Gasteiger partial charge in [-0.3, -0.25) is 19.4 Å². The molecule has 0 aliphatic carbocycles. The number of H-pyrrole nitrogens is 1. The highest BCUT2D eigenvalue weighted by molar-refractivity contribution is 5.77. The molecular formula is C19H25N7O2. The summed E-state index contributed by atoms with van der Waals surface area (Å²) in [7, 11) is 0. The van der Waals surface area contributed by atoms with Crippen LogP contribution in [0.1, 0.15) is 55.6 Å². The van der Waals surface area contributed by atoms with E-state index in [2.05, 4.69) is 20.2 Å². The van der Waals surface area contributed by atoms with Crippen molar-refractivity contribution in [3.05, 3.63) is 46.0 Å². The third-order valence-electron chi connectivity index (χ3n) is 5.46. The lowest BCUT2D eigenvalue weighted by Gasteiger charge is -2.23. The maximum absolute atomic E-state index is 12.8. The number of rotatable bonds is 6. The van der Waals surface area contributed by atoms with Crippen LogP contribution >= 0.6 is 0 Å². The molecule has 9 nitrogen and oxygen atoms in total. The number of aromatic nitrogens is 6. The summed E-state index contributed by atoms with van der Waals surface area (Å²) in [6.45, 7) is 5.24. The van der Waals surface area contributed by atoms with Crippen LogP contribution < -0.4 is 5.56 Å². The molecule has 0 aromatic carbocycles. The fraction of sp³-hybridized carbons (Fsp3) is 0.526. The van der Waals surface area contributed by atoms with Crippen molar-refractivity contribution in [3.8, 4) is 0 Å². The van der Waals surface area contributed by atoms with Gasteiger partial charge in [-0.25, -0.2) is 14.5 Å². The summed E-state index contributed by atoms with van der Waals surface area (Å²) in [5.74, 6) is 0.131. The van der Waals surface area contributed by atoms with E-state index in [1.54, 1.807) is 11.0 Å². The van der Waals surface area contributed by atoms with Gasteiger partial charge < -0.3 is 4.90 Å². The molecule has 148 valence electrons. The lowest BCUT2D eigenvalue weighted by atomic mass is 10.1. The number of carbonyl (C=O) groups excluding carboxylic acids is 1. The average Bonchev–Trinajstić information content (AvgIpc) is 3.42. The summed E-state index contributed by atoms with van der Waals surface area (Å²) < 4.78 is 3.24. The first-order valence-electron chi connectivity index (χ1n) is 9.81. The van der Waals surface area contributed by atoms with Crippen molar-refractivity contribution < 1.29 is 4.79 Å². The maximum Gasteiger partial charge on any atom is 0.276 e.